The summed E-state index contributed by atoms with van der Waals surface area (Å²) in [7, 11) is 0. The first kappa shape index (κ1) is 19.2. The zero-order chi connectivity index (χ0) is 18.4. The summed E-state index contributed by atoms with van der Waals surface area (Å²) < 4.78 is 0.827. The molecule has 0 radical (unpaired) electrons. The van der Waals surface area contributed by atoms with Gasteiger partial charge in [0.15, 0.2) is 4.34 Å². The number of aryl methyl sites for hydroxylation is 1. The Morgan fingerprint density at radius 2 is 1.96 bits per heavy atom. The van der Waals surface area contributed by atoms with Gasteiger partial charge in [-0.3, -0.25) is 4.79 Å². The molecule has 1 saturated carbocycles. The Labute approximate surface area is 163 Å². The Morgan fingerprint density at radius 1 is 1.23 bits per heavy atom. The van der Waals surface area contributed by atoms with Crippen molar-refractivity contribution in [1.82, 2.24) is 15.1 Å². The highest BCUT2D eigenvalue weighted by Gasteiger charge is 2.24. The van der Waals surface area contributed by atoms with Crippen LogP contribution in [0, 0.1) is 6.92 Å². The molecule has 7 heteroatoms. The second-order valence-corrected chi connectivity index (χ2v) is 8.82. The molecule has 0 saturated heterocycles. The van der Waals surface area contributed by atoms with Crippen molar-refractivity contribution in [1.29, 1.82) is 0 Å². The molecule has 3 rings (SSSR count). The number of hydrogen-bond acceptors (Lipinski definition) is 6. The third kappa shape index (κ3) is 5.20. The van der Waals surface area contributed by atoms with Crippen molar-refractivity contribution in [3.05, 3.63) is 29.8 Å². The molecule has 0 bridgehead atoms. The normalized spacial score (nSPS) is 15.0. The van der Waals surface area contributed by atoms with Gasteiger partial charge in [-0.15, -0.1) is 10.2 Å². The number of rotatable bonds is 7. The summed E-state index contributed by atoms with van der Waals surface area (Å²) >= 11 is 2.97. The van der Waals surface area contributed by atoms with Crippen molar-refractivity contribution in [2.24, 2.45) is 0 Å². The minimum absolute atomic E-state index is 0.215. The molecule has 1 amide bonds. The van der Waals surface area contributed by atoms with Crippen LogP contribution >= 0.6 is 23.1 Å². The van der Waals surface area contributed by atoms with Crippen molar-refractivity contribution in [3.8, 4) is 0 Å². The molecule has 0 aliphatic heterocycles. The lowest BCUT2D eigenvalue weighted by molar-refractivity contribution is -0.131. The van der Waals surface area contributed by atoms with Crippen molar-refractivity contribution < 1.29 is 4.79 Å². The topological polar surface area (TPSA) is 58.1 Å². The molecule has 0 spiro atoms. The number of aromatic nitrogens is 2. The molecule has 1 aliphatic carbocycles. The second-order valence-electron chi connectivity index (χ2n) is 6.62. The molecule has 5 nitrogen and oxygen atoms in total. The Hall–Kier alpha value is -1.60. The van der Waals surface area contributed by atoms with Gasteiger partial charge in [0.1, 0.15) is 0 Å². The first-order valence-corrected chi connectivity index (χ1v) is 11.1. The summed E-state index contributed by atoms with van der Waals surface area (Å²) in [5, 5.41) is 12.4. The summed E-state index contributed by atoms with van der Waals surface area (Å²) in [5.74, 6) is 0.649. The van der Waals surface area contributed by atoms with E-state index in [2.05, 4.69) is 46.4 Å². The molecule has 26 heavy (non-hydrogen) atoms. The van der Waals surface area contributed by atoms with Crippen LogP contribution < -0.4 is 5.32 Å². The van der Waals surface area contributed by atoms with Crippen LogP contribution in [0.2, 0.25) is 0 Å². The Bertz CT molecular complexity index is 711. The summed E-state index contributed by atoms with van der Waals surface area (Å²) in [6.45, 7) is 4.93. The monoisotopic (exact) mass is 390 g/mol. The molecule has 1 aromatic carbocycles. The third-order valence-corrected chi connectivity index (χ3v) is 6.66. The molecular weight excluding hydrogens is 364 g/mol. The molecule has 0 atom stereocenters. The number of carbonyl (C=O) groups excluding carboxylic acids is 1. The Morgan fingerprint density at radius 3 is 2.65 bits per heavy atom. The van der Waals surface area contributed by atoms with Gasteiger partial charge in [0.05, 0.1) is 5.75 Å². The van der Waals surface area contributed by atoms with E-state index in [-0.39, 0.29) is 5.91 Å². The van der Waals surface area contributed by atoms with Crippen molar-refractivity contribution >= 4 is 39.8 Å². The average Bonchev–Trinajstić information content (AvgIpc) is 3.11. The molecule has 2 aromatic rings. The van der Waals surface area contributed by atoms with Gasteiger partial charge in [0, 0.05) is 18.3 Å². The van der Waals surface area contributed by atoms with Crippen molar-refractivity contribution in [3.63, 3.8) is 0 Å². The van der Waals surface area contributed by atoms with Gasteiger partial charge in [-0.2, -0.15) is 0 Å². The van der Waals surface area contributed by atoms with Gasteiger partial charge in [-0.1, -0.05) is 60.1 Å². The van der Waals surface area contributed by atoms with E-state index in [1.165, 1.54) is 47.9 Å². The molecule has 140 valence electrons. The zero-order valence-corrected chi connectivity index (χ0v) is 17.0. The number of nitrogens with one attached hydrogen (secondary N) is 1. The number of benzene rings is 1. The maximum absolute atomic E-state index is 12.6. The summed E-state index contributed by atoms with van der Waals surface area (Å²) in [4.78, 5) is 14.7. The minimum Gasteiger partial charge on any atom is -0.339 e. The maximum atomic E-state index is 12.6. The third-order valence-electron chi connectivity index (χ3n) is 4.70. The van der Waals surface area contributed by atoms with Crippen LogP contribution in [-0.2, 0) is 4.79 Å². The SMILES string of the molecule is CCN(C(=O)CSc1nnc(Nc2ccc(C)cc2)s1)C1CCCCC1. The zero-order valence-electron chi connectivity index (χ0n) is 15.4. The maximum Gasteiger partial charge on any atom is 0.233 e. The highest BCUT2D eigenvalue weighted by Crippen LogP contribution is 2.29. The number of amides is 1. The minimum atomic E-state index is 0.215. The van der Waals surface area contributed by atoms with E-state index in [0.717, 1.165) is 34.5 Å². The van der Waals surface area contributed by atoms with E-state index in [1.54, 1.807) is 0 Å². The summed E-state index contributed by atoms with van der Waals surface area (Å²) in [6.07, 6.45) is 6.08. The second kappa shape index (κ2) is 9.37. The van der Waals surface area contributed by atoms with E-state index in [4.69, 9.17) is 0 Å². The van der Waals surface area contributed by atoms with Crippen LogP contribution in [0.25, 0.3) is 0 Å². The van der Waals surface area contributed by atoms with Crippen LogP contribution in [0.1, 0.15) is 44.6 Å². The highest BCUT2D eigenvalue weighted by molar-refractivity contribution is 8.01. The van der Waals surface area contributed by atoms with E-state index in [0.29, 0.717) is 11.8 Å². The number of hydrogen-bond donors (Lipinski definition) is 1. The van der Waals surface area contributed by atoms with Gasteiger partial charge in [0.25, 0.3) is 0 Å². The van der Waals surface area contributed by atoms with E-state index in [1.807, 2.05) is 12.1 Å². The first-order valence-electron chi connectivity index (χ1n) is 9.25. The number of nitrogens with zero attached hydrogens (tertiary/aromatic N) is 3. The molecular formula is C19H26N4OS2. The molecule has 1 N–H and O–H groups in total. The van der Waals surface area contributed by atoms with Gasteiger partial charge in [0.2, 0.25) is 11.0 Å². The molecule has 1 fully saturated rings. The molecule has 1 heterocycles. The summed E-state index contributed by atoms with van der Waals surface area (Å²) in [5.41, 5.74) is 2.22. The fraction of sp³-hybridized carbons (Fsp3) is 0.526. The van der Waals surface area contributed by atoms with Gasteiger partial charge < -0.3 is 10.2 Å². The molecule has 1 aliphatic rings. The number of carbonyl (C=O) groups is 1. The number of anilines is 2. The average molecular weight is 391 g/mol. The smallest absolute Gasteiger partial charge is 0.233 e. The largest absolute Gasteiger partial charge is 0.339 e. The first-order chi connectivity index (χ1) is 12.7. The van der Waals surface area contributed by atoms with E-state index >= 15 is 0 Å². The quantitative estimate of drug-likeness (QED) is 0.684. The van der Waals surface area contributed by atoms with Crippen LogP contribution in [0.15, 0.2) is 28.6 Å². The fourth-order valence-electron chi connectivity index (χ4n) is 3.32. The van der Waals surface area contributed by atoms with Crippen LogP contribution in [0.4, 0.5) is 10.8 Å². The predicted molar refractivity (Wildman–Crippen MR) is 109 cm³/mol. The van der Waals surface area contributed by atoms with E-state index in [9.17, 15) is 4.79 Å². The standard InChI is InChI=1S/C19H26N4OS2/c1-3-23(16-7-5-4-6-8-16)17(24)13-25-19-22-21-18(26-19)20-15-11-9-14(2)10-12-15/h9-12,16H,3-8,13H2,1-2H3,(H,20,21). The van der Waals surface area contributed by atoms with Gasteiger partial charge in [-0.05, 0) is 38.8 Å². The Balaban J connectivity index is 1.51. The lowest BCUT2D eigenvalue weighted by Gasteiger charge is -2.33. The predicted octanol–water partition coefficient (Wildman–Crippen LogP) is 4.86. The van der Waals surface area contributed by atoms with E-state index < -0.39 is 0 Å². The molecule has 1 aromatic heterocycles. The van der Waals surface area contributed by atoms with Gasteiger partial charge >= 0.3 is 0 Å². The summed E-state index contributed by atoms with van der Waals surface area (Å²) in [6, 6.07) is 8.59. The lowest BCUT2D eigenvalue weighted by atomic mass is 9.94. The molecule has 0 unspecified atom stereocenters. The van der Waals surface area contributed by atoms with Crippen LogP contribution in [0.5, 0.6) is 0 Å². The van der Waals surface area contributed by atoms with Gasteiger partial charge in [-0.25, -0.2) is 0 Å². The highest BCUT2D eigenvalue weighted by atomic mass is 32.2. The number of thioether (sulfide) groups is 1. The Kier molecular flexibility index (Phi) is 6.91. The van der Waals surface area contributed by atoms with Crippen molar-refractivity contribution in [2.45, 2.75) is 56.3 Å². The van der Waals surface area contributed by atoms with Crippen LogP contribution in [-0.4, -0.2) is 39.3 Å². The van der Waals surface area contributed by atoms with Crippen LogP contribution in [0.3, 0.4) is 0 Å². The van der Waals surface area contributed by atoms with Crippen molar-refractivity contribution in [2.75, 3.05) is 17.6 Å². The lowest BCUT2D eigenvalue weighted by Crippen LogP contribution is -2.42. The fourth-order valence-corrected chi connectivity index (χ4v) is 4.97.